The summed E-state index contributed by atoms with van der Waals surface area (Å²) in [6, 6.07) is 0. The third-order valence-electron chi connectivity index (χ3n) is 6.65. The van der Waals surface area contributed by atoms with E-state index in [2.05, 4.69) is 33.4 Å². The molecule has 0 bridgehead atoms. The van der Waals surface area contributed by atoms with Crippen LogP contribution >= 0.6 is 0 Å². The van der Waals surface area contributed by atoms with Crippen molar-refractivity contribution in [1.29, 1.82) is 0 Å². The molecule has 0 saturated heterocycles. The molecule has 2 aliphatic carbocycles. The molecule has 0 heterocycles. The molecule has 22 heavy (non-hydrogen) atoms. The molecule has 0 aromatic rings. The lowest BCUT2D eigenvalue weighted by Gasteiger charge is -2.58. The highest BCUT2D eigenvalue weighted by Gasteiger charge is 2.52. The van der Waals surface area contributed by atoms with Crippen LogP contribution in [0.5, 0.6) is 0 Å². The van der Waals surface area contributed by atoms with E-state index < -0.39 is 6.10 Å². The van der Waals surface area contributed by atoms with Crippen molar-refractivity contribution in [3.63, 3.8) is 0 Å². The minimum Gasteiger partial charge on any atom is -0.392 e. The predicted molar refractivity (Wildman–Crippen MR) is 92.6 cm³/mol. The van der Waals surface area contributed by atoms with E-state index in [0.29, 0.717) is 16.7 Å². The van der Waals surface area contributed by atoms with Crippen molar-refractivity contribution in [2.45, 2.75) is 72.3 Å². The average Bonchev–Trinajstić information content (AvgIpc) is 2.40. The Kier molecular flexibility index (Phi) is 5.23. The number of aliphatic hydroxyl groups is 2. The van der Waals surface area contributed by atoms with Crippen LogP contribution in [0.1, 0.15) is 66.2 Å². The van der Waals surface area contributed by atoms with Crippen LogP contribution in [0.2, 0.25) is 0 Å². The zero-order valence-electron chi connectivity index (χ0n) is 14.9. The van der Waals surface area contributed by atoms with Crippen LogP contribution in [0.25, 0.3) is 0 Å². The van der Waals surface area contributed by atoms with Gasteiger partial charge in [0.2, 0.25) is 0 Å². The summed E-state index contributed by atoms with van der Waals surface area (Å²) in [5.41, 5.74) is 2.84. The van der Waals surface area contributed by atoms with Crippen molar-refractivity contribution in [1.82, 2.24) is 0 Å². The van der Waals surface area contributed by atoms with Gasteiger partial charge in [-0.05, 0) is 67.3 Å². The smallest absolute Gasteiger partial charge is 0.0744 e. The van der Waals surface area contributed by atoms with Gasteiger partial charge < -0.3 is 10.2 Å². The van der Waals surface area contributed by atoms with Crippen LogP contribution in [0.15, 0.2) is 23.8 Å². The van der Waals surface area contributed by atoms with E-state index in [9.17, 15) is 10.2 Å². The van der Waals surface area contributed by atoms with E-state index in [1.807, 2.05) is 0 Å². The molecule has 0 unspecified atom stereocenters. The quantitative estimate of drug-likeness (QED) is 0.752. The molecule has 2 fully saturated rings. The second-order valence-electron chi connectivity index (χ2n) is 8.50. The molecule has 0 spiro atoms. The summed E-state index contributed by atoms with van der Waals surface area (Å²) in [7, 11) is 0. The van der Waals surface area contributed by atoms with Crippen LogP contribution in [-0.2, 0) is 0 Å². The third-order valence-corrected chi connectivity index (χ3v) is 6.65. The maximum absolute atomic E-state index is 9.74. The minimum atomic E-state index is -0.562. The first-order valence-electron chi connectivity index (χ1n) is 8.88. The van der Waals surface area contributed by atoms with Gasteiger partial charge in [0.05, 0.1) is 12.7 Å². The minimum absolute atomic E-state index is 0.0531. The van der Waals surface area contributed by atoms with Crippen molar-refractivity contribution in [3.8, 4) is 0 Å². The van der Waals surface area contributed by atoms with E-state index in [4.69, 9.17) is 0 Å². The molecular weight excluding hydrogens is 272 g/mol. The SMILES string of the molecule is C=C1CC[C@H]2C(C)(C)CCC[C@]2(C)[C@H]1C/C=C(\CO)[C@@H](C)O. The molecule has 0 aromatic heterocycles. The van der Waals surface area contributed by atoms with Crippen molar-refractivity contribution in [2.24, 2.45) is 22.7 Å². The lowest BCUT2D eigenvalue weighted by molar-refractivity contribution is -0.0511. The summed E-state index contributed by atoms with van der Waals surface area (Å²) >= 11 is 0. The Morgan fingerprint density at radius 1 is 1.36 bits per heavy atom. The summed E-state index contributed by atoms with van der Waals surface area (Å²) in [4.78, 5) is 0. The summed E-state index contributed by atoms with van der Waals surface area (Å²) in [5, 5.41) is 19.2. The molecular formula is C20H34O2. The van der Waals surface area contributed by atoms with Crippen molar-refractivity contribution in [3.05, 3.63) is 23.8 Å². The van der Waals surface area contributed by atoms with E-state index in [0.717, 1.165) is 24.3 Å². The summed E-state index contributed by atoms with van der Waals surface area (Å²) in [6.45, 7) is 13.4. The van der Waals surface area contributed by atoms with E-state index in [1.54, 1.807) is 6.92 Å². The fourth-order valence-electron chi connectivity index (χ4n) is 5.35. The maximum Gasteiger partial charge on any atom is 0.0744 e. The normalized spacial score (nSPS) is 36.8. The van der Waals surface area contributed by atoms with Gasteiger partial charge in [0, 0.05) is 0 Å². The highest BCUT2D eigenvalue weighted by atomic mass is 16.3. The van der Waals surface area contributed by atoms with E-state index >= 15 is 0 Å². The first-order valence-corrected chi connectivity index (χ1v) is 8.88. The molecule has 2 nitrogen and oxygen atoms in total. The molecule has 0 aromatic carbocycles. The van der Waals surface area contributed by atoms with Crippen molar-refractivity contribution < 1.29 is 10.2 Å². The predicted octanol–water partition coefficient (Wildman–Crippen LogP) is 4.47. The molecule has 126 valence electrons. The standard InChI is InChI=1S/C20H34O2/c1-14-7-10-18-19(3,4)11-6-12-20(18,5)17(14)9-8-16(13-21)15(2)22/h8,15,17-18,21-22H,1,6-7,9-13H2,2-5H3/b16-8+/t15-,17+,18+,20-/m1/s1. The molecule has 0 aliphatic heterocycles. The molecule has 2 rings (SSSR count). The number of hydrogen-bond acceptors (Lipinski definition) is 2. The number of fused-ring (bicyclic) bond motifs is 1. The number of hydrogen-bond donors (Lipinski definition) is 2. The number of allylic oxidation sites excluding steroid dienone is 2. The molecule has 2 saturated carbocycles. The topological polar surface area (TPSA) is 40.5 Å². The van der Waals surface area contributed by atoms with Crippen LogP contribution in [0.3, 0.4) is 0 Å². The second-order valence-corrected chi connectivity index (χ2v) is 8.50. The van der Waals surface area contributed by atoms with Crippen LogP contribution in [-0.4, -0.2) is 22.9 Å². The highest BCUT2D eigenvalue weighted by molar-refractivity contribution is 5.19. The Bertz CT molecular complexity index is 447. The average molecular weight is 306 g/mol. The van der Waals surface area contributed by atoms with Crippen LogP contribution in [0.4, 0.5) is 0 Å². The highest BCUT2D eigenvalue weighted by Crippen LogP contribution is 2.61. The summed E-state index contributed by atoms with van der Waals surface area (Å²) in [5.74, 6) is 1.23. The molecule has 2 N–H and O–H groups in total. The largest absolute Gasteiger partial charge is 0.392 e. The molecule has 4 atom stereocenters. The Morgan fingerprint density at radius 3 is 2.64 bits per heavy atom. The Hall–Kier alpha value is -0.600. The first kappa shape index (κ1) is 17.7. The van der Waals surface area contributed by atoms with Gasteiger partial charge in [0.15, 0.2) is 0 Å². The number of rotatable bonds is 4. The van der Waals surface area contributed by atoms with Gasteiger partial charge in [0.25, 0.3) is 0 Å². The first-order chi connectivity index (χ1) is 10.2. The zero-order valence-corrected chi connectivity index (χ0v) is 14.9. The maximum atomic E-state index is 9.74. The van der Waals surface area contributed by atoms with Crippen LogP contribution < -0.4 is 0 Å². The molecule has 2 aliphatic rings. The van der Waals surface area contributed by atoms with Gasteiger partial charge >= 0.3 is 0 Å². The molecule has 0 radical (unpaired) electrons. The van der Waals surface area contributed by atoms with Gasteiger partial charge in [-0.1, -0.05) is 45.4 Å². The Labute approximate surface area is 136 Å². The summed E-state index contributed by atoms with van der Waals surface area (Å²) in [6.07, 6.45) is 8.72. The third kappa shape index (κ3) is 3.19. The van der Waals surface area contributed by atoms with Crippen LogP contribution in [0, 0.1) is 22.7 Å². The zero-order chi connectivity index (χ0) is 16.5. The van der Waals surface area contributed by atoms with Gasteiger partial charge in [0.1, 0.15) is 0 Å². The van der Waals surface area contributed by atoms with E-state index in [1.165, 1.54) is 31.3 Å². The monoisotopic (exact) mass is 306 g/mol. The Balaban J connectivity index is 2.26. The molecule has 2 heteroatoms. The Morgan fingerprint density at radius 2 is 2.05 bits per heavy atom. The van der Waals surface area contributed by atoms with Gasteiger partial charge in [-0.15, -0.1) is 0 Å². The molecule has 0 amide bonds. The lowest BCUT2D eigenvalue weighted by atomic mass is 9.47. The lowest BCUT2D eigenvalue weighted by Crippen LogP contribution is -2.49. The number of aliphatic hydroxyl groups excluding tert-OH is 2. The van der Waals surface area contributed by atoms with Gasteiger partial charge in [-0.25, -0.2) is 0 Å². The van der Waals surface area contributed by atoms with Gasteiger partial charge in [-0.3, -0.25) is 0 Å². The summed E-state index contributed by atoms with van der Waals surface area (Å²) < 4.78 is 0. The van der Waals surface area contributed by atoms with Crippen molar-refractivity contribution in [2.75, 3.05) is 6.61 Å². The fourth-order valence-corrected chi connectivity index (χ4v) is 5.35. The van der Waals surface area contributed by atoms with E-state index in [-0.39, 0.29) is 6.61 Å². The van der Waals surface area contributed by atoms with Gasteiger partial charge in [-0.2, -0.15) is 0 Å². The second kappa shape index (κ2) is 6.49. The fraction of sp³-hybridized carbons (Fsp3) is 0.800. The van der Waals surface area contributed by atoms with Crippen molar-refractivity contribution >= 4 is 0 Å².